The van der Waals surface area contributed by atoms with Gasteiger partial charge in [0.15, 0.2) is 0 Å². The maximum Gasteiger partial charge on any atom is 0.281 e. The van der Waals surface area contributed by atoms with E-state index in [2.05, 4.69) is 27.2 Å². The molecule has 1 aromatic heterocycles. The first-order valence-electron chi connectivity index (χ1n) is 13.7. The number of Topliss-reactive ketones (excluding diaryl/α,β-unsaturated/α-hetero) is 1. The summed E-state index contributed by atoms with van der Waals surface area (Å²) in [6.07, 6.45) is 1.89. The van der Waals surface area contributed by atoms with Crippen molar-refractivity contribution in [3.8, 4) is 0 Å². The number of benzene rings is 1. The minimum atomic E-state index is -2.98. The highest BCUT2D eigenvalue weighted by Gasteiger charge is 2.37. The van der Waals surface area contributed by atoms with Crippen LogP contribution in [0.5, 0.6) is 0 Å². The Hall–Kier alpha value is -2.59. The summed E-state index contributed by atoms with van der Waals surface area (Å²) in [6.45, 7) is 5.24. The molecule has 218 valence electrons. The Morgan fingerprint density at radius 3 is 2.70 bits per heavy atom. The molecule has 0 bridgehead atoms. The number of carbonyl (C=O) groups excluding carboxylic acids is 1. The molecule has 1 aliphatic carbocycles. The lowest BCUT2D eigenvalue weighted by molar-refractivity contribution is -0.123. The van der Waals surface area contributed by atoms with Gasteiger partial charge in [0.1, 0.15) is 17.4 Å². The third kappa shape index (κ3) is 7.00. The van der Waals surface area contributed by atoms with Crippen LogP contribution in [0, 0.1) is 17.7 Å². The quantitative estimate of drug-likeness (QED) is 0.173. The van der Waals surface area contributed by atoms with Crippen molar-refractivity contribution in [1.82, 2.24) is 15.3 Å². The molecule has 1 saturated heterocycles. The number of carbonyl (C=O) groups is 1. The second-order valence-electron chi connectivity index (χ2n) is 10.8. The minimum Gasteiger partial charge on any atom is -0.363 e. The summed E-state index contributed by atoms with van der Waals surface area (Å²) in [5.41, 5.74) is 1.01. The van der Waals surface area contributed by atoms with Gasteiger partial charge in [-0.2, -0.15) is 0 Å². The zero-order valence-corrected chi connectivity index (χ0v) is 23.1. The monoisotopic (exact) mass is 584 g/mol. The van der Waals surface area contributed by atoms with Crippen LogP contribution in [0.15, 0.2) is 30.9 Å². The molecule has 2 N–H and O–H groups in total. The Morgan fingerprint density at radius 1 is 1.23 bits per heavy atom. The zero-order valence-electron chi connectivity index (χ0n) is 22.3. The van der Waals surface area contributed by atoms with E-state index in [9.17, 15) is 26.7 Å². The number of anilines is 1. The van der Waals surface area contributed by atoms with E-state index in [1.165, 1.54) is 12.1 Å². The molecule has 0 radical (unpaired) electrons. The highest BCUT2D eigenvalue weighted by atomic mass is 35.5. The Kier molecular flexibility index (Phi) is 9.82. The highest BCUT2D eigenvalue weighted by Crippen LogP contribution is 2.36. The topological polar surface area (TPSA) is 66.9 Å². The van der Waals surface area contributed by atoms with Crippen LogP contribution in [0.4, 0.5) is 27.8 Å². The molecule has 2 heterocycles. The number of nitrogens with zero attached hydrogens (tertiary/aromatic N) is 2. The van der Waals surface area contributed by atoms with Gasteiger partial charge in [-0.05, 0) is 75.6 Å². The number of aromatic nitrogens is 2. The Bertz CT molecular complexity index is 1220. The fourth-order valence-electron chi connectivity index (χ4n) is 5.79. The van der Waals surface area contributed by atoms with Crippen LogP contribution >= 0.6 is 11.6 Å². The molecule has 3 unspecified atom stereocenters. The van der Waals surface area contributed by atoms with Gasteiger partial charge in [-0.25, -0.2) is 31.9 Å². The number of ketones is 1. The van der Waals surface area contributed by atoms with Gasteiger partial charge in [-0.15, -0.1) is 0 Å². The van der Waals surface area contributed by atoms with Crippen molar-refractivity contribution in [3.63, 3.8) is 0 Å². The standard InChI is InChI=1S/C29H34ClF5N4O/c1-3-29(34,35)24-9-4-6-18(12-13-36-24)23(40)11-10-17-14-21-22(15-17)38-28(30)39-27(21)37-16(2)19-7-5-8-20(25(19)31)26(32)33/h3,5,7-8,16-18,24,26,36H,1,4,6,9-15H2,2H3,(H,37,38,39)/t16-,17?,18?,24?/m1/s1. The fourth-order valence-corrected chi connectivity index (χ4v) is 5.97. The Labute approximate surface area is 236 Å². The van der Waals surface area contributed by atoms with E-state index in [0.29, 0.717) is 63.4 Å². The predicted molar refractivity (Wildman–Crippen MR) is 144 cm³/mol. The van der Waals surface area contributed by atoms with Crippen LogP contribution in [0.3, 0.4) is 0 Å². The fraction of sp³-hybridized carbons (Fsp3) is 0.552. The smallest absolute Gasteiger partial charge is 0.281 e. The molecule has 4 atom stereocenters. The van der Waals surface area contributed by atoms with E-state index in [-0.39, 0.29) is 34.9 Å². The summed E-state index contributed by atoms with van der Waals surface area (Å²) >= 11 is 6.16. The maximum absolute atomic E-state index is 14.7. The number of fused-ring (bicyclic) bond motifs is 1. The van der Waals surface area contributed by atoms with Gasteiger partial charge in [0.05, 0.1) is 23.3 Å². The average molecular weight is 585 g/mol. The summed E-state index contributed by atoms with van der Waals surface area (Å²) in [5.74, 6) is -3.41. The van der Waals surface area contributed by atoms with Crippen LogP contribution in [0.2, 0.25) is 5.28 Å². The van der Waals surface area contributed by atoms with Crippen molar-refractivity contribution < 1.29 is 26.7 Å². The number of hydrogen-bond donors (Lipinski definition) is 2. The van der Waals surface area contributed by atoms with Gasteiger partial charge in [0.25, 0.3) is 12.3 Å². The van der Waals surface area contributed by atoms with Crippen molar-refractivity contribution in [3.05, 3.63) is 64.3 Å². The molecule has 2 aromatic rings. The molecular formula is C29H34ClF5N4O. The van der Waals surface area contributed by atoms with Crippen LogP contribution in [-0.4, -0.2) is 34.3 Å². The van der Waals surface area contributed by atoms with E-state index in [0.717, 1.165) is 17.3 Å². The molecule has 5 nitrogen and oxygen atoms in total. The number of rotatable bonds is 10. The molecule has 2 aliphatic rings. The van der Waals surface area contributed by atoms with Gasteiger partial charge >= 0.3 is 0 Å². The van der Waals surface area contributed by atoms with Crippen molar-refractivity contribution >= 4 is 23.2 Å². The van der Waals surface area contributed by atoms with Crippen molar-refractivity contribution in [2.75, 3.05) is 11.9 Å². The van der Waals surface area contributed by atoms with Crippen molar-refractivity contribution in [2.24, 2.45) is 11.8 Å². The van der Waals surface area contributed by atoms with Crippen LogP contribution in [0.1, 0.15) is 80.3 Å². The lowest BCUT2D eigenvalue weighted by Gasteiger charge is -2.29. The molecular weight excluding hydrogens is 551 g/mol. The number of hydrogen-bond acceptors (Lipinski definition) is 5. The van der Waals surface area contributed by atoms with Crippen LogP contribution in [0.25, 0.3) is 0 Å². The van der Waals surface area contributed by atoms with Gasteiger partial charge < -0.3 is 10.6 Å². The molecule has 4 rings (SSSR count). The van der Waals surface area contributed by atoms with Gasteiger partial charge in [0, 0.05) is 23.5 Å². The van der Waals surface area contributed by atoms with E-state index in [1.54, 1.807) is 6.92 Å². The predicted octanol–water partition coefficient (Wildman–Crippen LogP) is 7.41. The van der Waals surface area contributed by atoms with Crippen molar-refractivity contribution in [2.45, 2.75) is 82.7 Å². The Balaban J connectivity index is 1.35. The SMILES string of the molecule is C=CC(F)(F)C1CCCC(C(=O)CCC2Cc3nc(Cl)nc(N[C@H](C)c4cccc(C(F)F)c4F)c3C2)CCN1. The largest absolute Gasteiger partial charge is 0.363 e. The molecule has 0 saturated carbocycles. The van der Waals surface area contributed by atoms with E-state index >= 15 is 0 Å². The molecule has 0 spiro atoms. The Morgan fingerprint density at radius 2 is 1.98 bits per heavy atom. The number of halogens is 6. The zero-order chi connectivity index (χ0) is 29.0. The van der Waals surface area contributed by atoms with Crippen LogP contribution in [-0.2, 0) is 17.6 Å². The van der Waals surface area contributed by atoms with E-state index < -0.39 is 35.8 Å². The molecule has 40 heavy (non-hydrogen) atoms. The second-order valence-corrected chi connectivity index (χ2v) is 11.1. The lowest BCUT2D eigenvalue weighted by Crippen LogP contribution is -2.45. The average Bonchev–Trinajstić information content (AvgIpc) is 3.30. The molecule has 11 heteroatoms. The van der Waals surface area contributed by atoms with Crippen molar-refractivity contribution in [1.29, 1.82) is 0 Å². The van der Waals surface area contributed by atoms with Gasteiger partial charge in [0.2, 0.25) is 5.28 Å². The normalized spacial score (nSPS) is 22.4. The van der Waals surface area contributed by atoms with E-state index in [1.807, 2.05) is 0 Å². The number of nitrogens with one attached hydrogen (secondary N) is 2. The van der Waals surface area contributed by atoms with Gasteiger partial charge in [-0.3, -0.25) is 4.79 Å². The van der Waals surface area contributed by atoms with Gasteiger partial charge in [-0.1, -0.05) is 31.2 Å². The summed E-state index contributed by atoms with van der Waals surface area (Å²) in [7, 11) is 0. The lowest BCUT2D eigenvalue weighted by atomic mass is 9.86. The first-order chi connectivity index (χ1) is 19.0. The summed E-state index contributed by atoms with van der Waals surface area (Å²) < 4.78 is 69.0. The molecule has 0 amide bonds. The minimum absolute atomic E-state index is 0.0225. The first-order valence-corrected chi connectivity index (χ1v) is 14.0. The molecule has 1 aliphatic heterocycles. The first kappa shape index (κ1) is 30.4. The third-order valence-corrected chi connectivity index (χ3v) is 8.24. The van der Waals surface area contributed by atoms with E-state index in [4.69, 9.17) is 11.6 Å². The van der Waals surface area contributed by atoms with Crippen LogP contribution < -0.4 is 10.6 Å². The summed E-state index contributed by atoms with van der Waals surface area (Å²) in [6, 6.07) is 2.29. The molecule has 1 fully saturated rings. The molecule has 1 aromatic carbocycles. The highest BCUT2D eigenvalue weighted by molar-refractivity contribution is 6.28. The maximum atomic E-state index is 14.7. The summed E-state index contributed by atoms with van der Waals surface area (Å²) in [5, 5.41) is 6.03. The summed E-state index contributed by atoms with van der Waals surface area (Å²) in [4.78, 5) is 21.7. The second kappa shape index (κ2) is 12.9. The third-order valence-electron chi connectivity index (χ3n) is 8.07. The number of alkyl halides is 4.